The standard InChI is InChI=1S/C12H14F2N2O/c1-7-4-5-8(13)11(10(7)14)16-12(17)9-3-2-6-15-9/h4-5,9,15H,2-3,6H2,1H3,(H,16,17). The number of nitrogens with one attached hydrogen (secondary N) is 2. The van der Waals surface area contributed by atoms with Gasteiger partial charge in [0.1, 0.15) is 11.5 Å². The molecule has 3 nitrogen and oxygen atoms in total. The van der Waals surface area contributed by atoms with Gasteiger partial charge in [-0.05, 0) is 37.9 Å². The number of benzene rings is 1. The van der Waals surface area contributed by atoms with E-state index in [0.717, 1.165) is 19.0 Å². The van der Waals surface area contributed by atoms with Gasteiger partial charge >= 0.3 is 0 Å². The molecule has 0 saturated carbocycles. The molecule has 0 aromatic heterocycles. The van der Waals surface area contributed by atoms with E-state index in [1.165, 1.54) is 13.0 Å². The lowest BCUT2D eigenvalue weighted by atomic mass is 10.1. The Morgan fingerprint density at radius 1 is 1.47 bits per heavy atom. The molecule has 1 atom stereocenters. The molecule has 1 fully saturated rings. The number of amides is 1. The van der Waals surface area contributed by atoms with Crippen LogP contribution in [0.3, 0.4) is 0 Å². The topological polar surface area (TPSA) is 41.1 Å². The minimum Gasteiger partial charge on any atom is -0.320 e. The Bertz CT molecular complexity index is 442. The molecule has 1 heterocycles. The van der Waals surface area contributed by atoms with Crippen molar-refractivity contribution < 1.29 is 13.6 Å². The van der Waals surface area contributed by atoms with Crippen LogP contribution < -0.4 is 10.6 Å². The fourth-order valence-corrected chi connectivity index (χ4v) is 1.89. The van der Waals surface area contributed by atoms with Crippen LogP contribution in [-0.2, 0) is 4.79 Å². The smallest absolute Gasteiger partial charge is 0.241 e. The average molecular weight is 240 g/mol. The number of halogens is 2. The number of hydrogen-bond acceptors (Lipinski definition) is 2. The molecule has 92 valence electrons. The first-order chi connectivity index (χ1) is 8.09. The first kappa shape index (κ1) is 12.0. The van der Waals surface area contributed by atoms with Gasteiger partial charge in [-0.3, -0.25) is 4.79 Å². The highest BCUT2D eigenvalue weighted by Crippen LogP contribution is 2.22. The fourth-order valence-electron chi connectivity index (χ4n) is 1.89. The van der Waals surface area contributed by atoms with E-state index < -0.39 is 11.6 Å². The molecule has 1 aromatic carbocycles. The summed E-state index contributed by atoms with van der Waals surface area (Å²) in [6, 6.07) is 2.14. The molecule has 1 saturated heterocycles. The lowest BCUT2D eigenvalue weighted by Gasteiger charge is -2.13. The van der Waals surface area contributed by atoms with Crippen LogP contribution in [0.1, 0.15) is 18.4 Å². The Morgan fingerprint density at radius 2 is 2.24 bits per heavy atom. The van der Waals surface area contributed by atoms with Crippen molar-refractivity contribution in [3.05, 3.63) is 29.3 Å². The summed E-state index contributed by atoms with van der Waals surface area (Å²) in [5.41, 5.74) is -0.0511. The summed E-state index contributed by atoms with van der Waals surface area (Å²) in [5.74, 6) is -1.85. The minimum absolute atomic E-state index is 0.307. The van der Waals surface area contributed by atoms with Gasteiger partial charge in [-0.2, -0.15) is 0 Å². The molecule has 2 N–H and O–H groups in total. The molecule has 0 bridgehead atoms. The van der Waals surface area contributed by atoms with Crippen molar-refractivity contribution in [2.75, 3.05) is 11.9 Å². The van der Waals surface area contributed by atoms with Crippen molar-refractivity contribution in [3.8, 4) is 0 Å². The van der Waals surface area contributed by atoms with Crippen LogP contribution in [0.2, 0.25) is 0 Å². The number of aryl methyl sites for hydroxylation is 1. The first-order valence-corrected chi connectivity index (χ1v) is 5.58. The van der Waals surface area contributed by atoms with Crippen molar-refractivity contribution >= 4 is 11.6 Å². The van der Waals surface area contributed by atoms with Crippen LogP contribution in [0, 0.1) is 18.6 Å². The van der Waals surface area contributed by atoms with Gasteiger partial charge in [0.05, 0.1) is 6.04 Å². The van der Waals surface area contributed by atoms with Gasteiger partial charge < -0.3 is 10.6 Å². The van der Waals surface area contributed by atoms with Crippen molar-refractivity contribution in [2.24, 2.45) is 0 Å². The molecule has 1 amide bonds. The number of carbonyl (C=O) groups excluding carboxylic acids is 1. The summed E-state index contributed by atoms with van der Waals surface area (Å²) in [7, 11) is 0. The normalized spacial score (nSPS) is 19.4. The van der Waals surface area contributed by atoms with Crippen molar-refractivity contribution in [1.29, 1.82) is 0 Å². The van der Waals surface area contributed by atoms with Gasteiger partial charge in [-0.1, -0.05) is 6.07 Å². The van der Waals surface area contributed by atoms with Gasteiger partial charge in [0.2, 0.25) is 5.91 Å². The summed E-state index contributed by atoms with van der Waals surface area (Å²) in [6.07, 6.45) is 1.59. The first-order valence-electron chi connectivity index (χ1n) is 5.58. The van der Waals surface area contributed by atoms with Crippen molar-refractivity contribution in [1.82, 2.24) is 5.32 Å². The number of carbonyl (C=O) groups is 1. The molecule has 0 spiro atoms. The highest BCUT2D eigenvalue weighted by Gasteiger charge is 2.24. The van der Waals surface area contributed by atoms with Gasteiger partial charge in [0.25, 0.3) is 0 Å². The second-order valence-corrected chi connectivity index (χ2v) is 4.19. The highest BCUT2D eigenvalue weighted by atomic mass is 19.1. The summed E-state index contributed by atoms with van der Waals surface area (Å²) in [6.45, 7) is 2.29. The Kier molecular flexibility index (Phi) is 3.38. The van der Waals surface area contributed by atoms with E-state index in [-0.39, 0.29) is 17.6 Å². The van der Waals surface area contributed by atoms with E-state index in [2.05, 4.69) is 10.6 Å². The lowest BCUT2D eigenvalue weighted by Crippen LogP contribution is -2.36. The van der Waals surface area contributed by atoms with Gasteiger partial charge in [0.15, 0.2) is 5.82 Å². The monoisotopic (exact) mass is 240 g/mol. The zero-order valence-electron chi connectivity index (χ0n) is 9.52. The van der Waals surface area contributed by atoms with E-state index in [1.807, 2.05) is 0 Å². The molecular formula is C12H14F2N2O. The average Bonchev–Trinajstić information content (AvgIpc) is 2.83. The van der Waals surface area contributed by atoms with Crippen molar-refractivity contribution in [3.63, 3.8) is 0 Å². The van der Waals surface area contributed by atoms with Crippen LogP contribution in [-0.4, -0.2) is 18.5 Å². The predicted octanol–water partition coefficient (Wildman–Crippen LogP) is 1.96. The van der Waals surface area contributed by atoms with Crippen LogP contribution in [0.25, 0.3) is 0 Å². The van der Waals surface area contributed by atoms with Crippen LogP contribution in [0.15, 0.2) is 12.1 Å². The number of rotatable bonds is 2. The van der Waals surface area contributed by atoms with Gasteiger partial charge in [0, 0.05) is 0 Å². The second-order valence-electron chi connectivity index (χ2n) is 4.19. The fraction of sp³-hybridized carbons (Fsp3) is 0.417. The van der Waals surface area contributed by atoms with Crippen LogP contribution in [0.4, 0.5) is 14.5 Å². The zero-order chi connectivity index (χ0) is 12.4. The molecule has 1 aliphatic heterocycles. The maximum Gasteiger partial charge on any atom is 0.241 e. The maximum absolute atomic E-state index is 13.6. The minimum atomic E-state index is -0.751. The molecule has 17 heavy (non-hydrogen) atoms. The molecule has 5 heteroatoms. The molecule has 1 unspecified atom stereocenters. The number of anilines is 1. The molecule has 2 rings (SSSR count). The third-order valence-corrected chi connectivity index (χ3v) is 2.91. The van der Waals surface area contributed by atoms with Gasteiger partial charge in [-0.25, -0.2) is 8.78 Å². The quantitative estimate of drug-likeness (QED) is 0.829. The Morgan fingerprint density at radius 3 is 2.88 bits per heavy atom. The van der Waals surface area contributed by atoms with E-state index in [9.17, 15) is 13.6 Å². The summed E-state index contributed by atoms with van der Waals surface area (Å²) >= 11 is 0. The summed E-state index contributed by atoms with van der Waals surface area (Å²) in [5, 5.41) is 5.28. The third kappa shape index (κ3) is 2.44. The van der Waals surface area contributed by atoms with E-state index in [0.29, 0.717) is 12.0 Å². The molecule has 0 aliphatic carbocycles. The predicted molar refractivity (Wildman–Crippen MR) is 60.7 cm³/mol. The third-order valence-electron chi connectivity index (χ3n) is 2.91. The Labute approximate surface area is 98.2 Å². The summed E-state index contributed by atoms with van der Waals surface area (Å²) < 4.78 is 27.0. The van der Waals surface area contributed by atoms with E-state index >= 15 is 0 Å². The van der Waals surface area contributed by atoms with Crippen LogP contribution >= 0.6 is 0 Å². The van der Waals surface area contributed by atoms with E-state index in [1.54, 1.807) is 0 Å². The molecular weight excluding hydrogens is 226 g/mol. The summed E-state index contributed by atoms with van der Waals surface area (Å²) in [4.78, 5) is 11.7. The van der Waals surface area contributed by atoms with E-state index in [4.69, 9.17) is 0 Å². The molecule has 1 aromatic rings. The second kappa shape index (κ2) is 4.79. The Balaban J connectivity index is 2.17. The lowest BCUT2D eigenvalue weighted by molar-refractivity contribution is -0.117. The van der Waals surface area contributed by atoms with Crippen LogP contribution in [0.5, 0.6) is 0 Å². The molecule has 0 radical (unpaired) electrons. The van der Waals surface area contributed by atoms with Crippen molar-refractivity contribution in [2.45, 2.75) is 25.8 Å². The molecule has 1 aliphatic rings. The highest BCUT2D eigenvalue weighted by molar-refractivity contribution is 5.95. The zero-order valence-corrected chi connectivity index (χ0v) is 9.52. The number of hydrogen-bond donors (Lipinski definition) is 2. The Hall–Kier alpha value is -1.49. The SMILES string of the molecule is Cc1ccc(F)c(NC(=O)C2CCCN2)c1F. The maximum atomic E-state index is 13.6. The van der Waals surface area contributed by atoms with Gasteiger partial charge in [-0.15, -0.1) is 0 Å². The largest absolute Gasteiger partial charge is 0.320 e.